The Morgan fingerprint density at radius 2 is 1.65 bits per heavy atom. The van der Waals surface area contributed by atoms with E-state index in [1.54, 1.807) is 12.3 Å². The van der Waals surface area contributed by atoms with Gasteiger partial charge in [0.2, 0.25) is 0 Å². The van der Waals surface area contributed by atoms with Crippen molar-refractivity contribution in [1.29, 1.82) is 0 Å². The second-order valence-corrected chi connectivity index (χ2v) is 4.16. The van der Waals surface area contributed by atoms with Gasteiger partial charge in [-0.25, -0.2) is 4.98 Å². The summed E-state index contributed by atoms with van der Waals surface area (Å²) >= 11 is 0. The van der Waals surface area contributed by atoms with Crippen molar-refractivity contribution in [1.82, 2.24) is 4.98 Å². The molecule has 2 rings (SSSR count). The number of rotatable bonds is 3. The summed E-state index contributed by atoms with van der Waals surface area (Å²) in [6, 6.07) is 11.7. The number of hydrogen-bond donors (Lipinski definition) is 1. The minimum atomic E-state index is 0.194. The van der Waals surface area contributed by atoms with E-state index in [0.717, 1.165) is 16.9 Å². The molecule has 0 spiro atoms. The first kappa shape index (κ1) is 11.5. The fraction of sp³-hybridized carbons (Fsp3) is 0.214. The number of nitrogens with two attached hydrogens (primary N) is 1. The van der Waals surface area contributed by atoms with Crippen LogP contribution in [0.5, 0.6) is 5.75 Å². The van der Waals surface area contributed by atoms with Gasteiger partial charge in [0.25, 0.3) is 0 Å². The molecule has 0 unspecified atom stereocenters. The first-order valence-corrected chi connectivity index (χ1v) is 5.64. The smallest absolute Gasteiger partial charge is 0.123 e. The lowest BCUT2D eigenvalue weighted by Gasteiger charge is -2.10. The molecule has 0 amide bonds. The number of aromatic nitrogens is 1. The lowest BCUT2D eigenvalue weighted by Crippen LogP contribution is -2.05. The summed E-state index contributed by atoms with van der Waals surface area (Å²) in [5, 5.41) is 0. The van der Waals surface area contributed by atoms with Crippen LogP contribution >= 0.6 is 0 Å². The van der Waals surface area contributed by atoms with Crippen LogP contribution in [0.15, 0.2) is 42.6 Å². The number of nitrogens with zero attached hydrogens (tertiary/aromatic N) is 1. The molecule has 0 bridgehead atoms. The lowest BCUT2D eigenvalue weighted by atomic mass is 10.1. The van der Waals surface area contributed by atoms with Crippen molar-refractivity contribution in [3.63, 3.8) is 0 Å². The summed E-state index contributed by atoms with van der Waals surface area (Å²) in [4.78, 5) is 4.07. The van der Waals surface area contributed by atoms with Crippen LogP contribution in [0.25, 0.3) is 11.1 Å². The molecule has 2 aromatic rings. The molecule has 0 atom stereocenters. The van der Waals surface area contributed by atoms with E-state index in [4.69, 9.17) is 10.5 Å². The van der Waals surface area contributed by atoms with E-state index >= 15 is 0 Å². The Kier molecular flexibility index (Phi) is 3.28. The Morgan fingerprint density at radius 1 is 1.00 bits per heavy atom. The van der Waals surface area contributed by atoms with Gasteiger partial charge >= 0.3 is 0 Å². The zero-order chi connectivity index (χ0) is 12.3. The van der Waals surface area contributed by atoms with Gasteiger partial charge in [-0.2, -0.15) is 0 Å². The van der Waals surface area contributed by atoms with E-state index in [9.17, 15) is 0 Å². The quantitative estimate of drug-likeness (QED) is 0.878. The summed E-state index contributed by atoms with van der Waals surface area (Å²) in [5.74, 6) is 1.42. The molecule has 17 heavy (non-hydrogen) atoms. The summed E-state index contributed by atoms with van der Waals surface area (Å²) in [6.07, 6.45) is 1.97. The van der Waals surface area contributed by atoms with Gasteiger partial charge in [0.1, 0.15) is 11.6 Å². The molecule has 88 valence electrons. The maximum Gasteiger partial charge on any atom is 0.123 e. The van der Waals surface area contributed by atoms with Crippen molar-refractivity contribution < 1.29 is 4.74 Å². The van der Waals surface area contributed by atoms with Gasteiger partial charge in [-0.3, -0.25) is 0 Å². The number of nitrogen functional groups attached to an aromatic ring is 1. The van der Waals surface area contributed by atoms with Crippen LogP contribution < -0.4 is 10.5 Å². The second-order valence-electron chi connectivity index (χ2n) is 4.16. The van der Waals surface area contributed by atoms with Crippen molar-refractivity contribution in [2.75, 3.05) is 5.73 Å². The Morgan fingerprint density at radius 3 is 2.18 bits per heavy atom. The summed E-state index contributed by atoms with van der Waals surface area (Å²) < 4.78 is 5.59. The Labute approximate surface area is 101 Å². The fourth-order valence-electron chi connectivity index (χ4n) is 1.57. The molecule has 0 aliphatic carbocycles. The highest BCUT2D eigenvalue weighted by Gasteiger charge is 2.00. The number of ether oxygens (including phenoxy) is 1. The van der Waals surface area contributed by atoms with Crippen LogP contribution in [-0.2, 0) is 0 Å². The highest BCUT2D eigenvalue weighted by Crippen LogP contribution is 2.22. The van der Waals surface area contributed by atoms with Gasteiger partial charge in [-0.05, 0) is 43.7 Å². The third-order valence-electron chi connectivity index (χ3n) is 2.35. The van der Waals surface area contributed by atoms with E-state index in [0.29, 0.717) is 5.82 Å². The van der Waals surface area contributed by atoms with E-state index in [1.165, 1.54) is 0 Å². The third kappa shape index (κ3) is 2.97. The molecule has 0 aliphatic heterocycles. The number of pyridine rings is 1. The molecule has 0 radical (unpaired) electrons. The maximum atomic E-state index is 5.59. The van der Waals surface area contributed by atoms with Crippen LogP contribution in [-0.4, -0.2) is 11.1 Å². The molecule has 0 saturated heterocycles. The molecular formula is C14H16N2O. The van der Waals surface area contributed by atoms with Crippen LogP contribution in [0.2, 0.25) is 0 Å². The zero-order valence-corrected chi connectivity index (χ0v) is 10.1. The molecule has 0 saturated carbocycles. The van der Waals surface area contributed by atoms with Crippen LogP contribution in [0.1, 0.15) is 13.8 Å². The van der Waals surface area contributed by atoms with Gasteiger partial charge in [-0.15, -0.1) is 0 Å². The van der Waals surface area contributed by atoms with E-state index in [2.05, 4.69) is 4.98 Å². The monoisotopic (exact) mass is 228 g/mol. The molecule has 1 heterocycles. The molecule has 3 heteroatoms. The molecule has 2 N–H and O–H groups in total. The number of hydrogen-bond acceptors (Lipinski definition) is 3. The topological polar surface area (TPSA) is 48.1 Å². The molecular weight excluding hydrogens is 212 g/mol. The SMILES string of the molecule is CC(C)Oc1ccc(-c2ccc(N)nc2)cc1. The number of benzene rings is 1. The average molecular weight is 228 g/mol. The van der Waals surface area contributed by atoms with Crippen molar-refractivity contribution in [3.05, 3.63) is 42.6 Å². The summed E-state index contributed by atoms with van der Waals surface area (Å²) in [5.41, 5.74) is 7.71. The fourth-order valence-corrected chi connectivity index (χ4v) is 1.57. The number of anilines is 1. The van der Waals surface area contributed by atoms with E-state index < -0.39 is 0 Å². The van der Waals surface area contributed by atoms with Gasteiger partial charge in [0.15, 0.2) is 0 Å². The predicted molar refractivity (Wildman–Crippen MR) is 69.8 cm³/mol. The lowest BCUT2D eigenvalue weighted by molar-refractivity contribution is 0.242. The highest BCUT2D eigenvalue weighted by molar-refractivity contribution is 5.64. The van der Waals surface area contributed by atoms with E-state index in [1.807, 2.05) is 44.2 Å². The summed E-state index contributed by atoms with van der Waals surface area (Å²) in [6.45, 7) is 4.02. The van der Waals surface area contributed by atoms with Crippen molar-refractivity contribution >= 4 is 5.82 Å². The maximum absolute atomic E-state index is 5.59. The second kappa shape index (κ2) is 4.87. The molecule has 3 nitrogen and oxygen atoms in total. The highest BCUT2D eigenvalue weighted by atomic mass is 16.5. The average Bonchev–Trinajstić information content (AvgIpc) is 2.30. The first-order valence-electron chi connectivity index (χ1n) is 5.64. The predicted octanol–water partition coefficient (Wildman–Crippen LogP) is 3.12. The van der Waals surface area contributed by atoms with Gasteiger partial charge in [0.05, 0.1) is 6.10 Å². The standard InChI is InChI=1S/C14H16N2O/c1-10(2)17-13-6-3-11(4-7-13)12-5-8-14(15)16-9-12/h3-10H,1-2H3,(H2,15,16). The Hall–Kier alpha value is -2.03. The van der Waals surface area contributed by atoms with Gasteiger partial charge < -0.3 is 10.5 Å². The van der Waals surface area contributed by atoms with Crippen LogP contribution in [0.3, 0.4) is 0 Å². The molecule has 0 aliphatic rings. The Bertz CT molecular complexity index is 475. The van der Waals surface area contributed by atoms with Crippen LogP contribution in [0.4, 0.5) is 5.82 Å². The molecule has 1 aromatic heterocycles. The normalized spacial score (nSPS) is 10.5. The molecule has 0 fully saturated rings. The minimum Gasteiger partial charge on any atom is -0.491 e. The van der Waals surface area contributed by atoms with Crippen molar-refractivity contribution in [2.24, 2.45) is 0 Å². The van der Waals surface area contributed by atoms with Crippen molar-refractivity contribution in [3.8, 4) is 16.9 Å². The third-order valence-corrected chi connectivity index (χ3v) is 2.35. The minimum absolute atomic E-state index is 0.194. The largest absolute Gasteiger partial charge is 0.491 e. The summed E-state index contributed by atoms with van der Waals surface area (Å²) in [7, 11) is 0. The van der Waals surface area contributed by atoms with E-state index in [-0.39, 0.29) is 6.10 Å². The zero-order valence-electron chi connectivity index (χ0n) is 10.1. The van der Waals surface area contributed by atoms with Gasteiger partial charge in [0, 0.05) is 11.8 Å². The molecule has 1 aromatic carbocycles. The first-order chi connectivity index (χ1) is 8.15. The van der Waals surface area contributed by atoms with Crippen LogP contribution in [0, 0.1) is 0 Å². The van der Waals surface area contributed by atoms with Crippen molar-refractivity contribution in [2.45, 2.75) is 20.0 Å². The Balaban J connectivity index is 2.20. The van der Waals surface area contributed by atoms with Gasteiger partial charge in [-0.1, -0.05) is 12.1 Å².